The highest BCUT2D eigenvalue weighted by atomic mass is 32.2. The molecule has 0 aromatic carbocycles. The van der Waals surface area contributed by atoms with Crippen LogP contribution in [0.1, 0.15) is 38.2 Å². The van der Waals surface area contributed by atoms with Gasteiger partial charge in [0.05, 0.1) is 5.56 Å². The third-order valence-electron chi connectivity index (χ3n) is 3.47. The van der Waals surface area contributed by atoms with E-state index in [1.54, 1.807) is 11.8 Å². The van der Waals surface area contributed by atoms with Gasteiger partial charge in [0.25, 0.3) is 5.56 Å². The summed E-state index contributed by atoms with van der Waals surface area (Å²) in [6.45, 7) is 4.09. The number of aromatic hydroxyl groups is 1. The number of nitrogens with zero attached hydrogens (tertiary/aromatic N) is 1. The molecule has 0 radical (unpaired) electrons. The van der Waals surface area contributed by atoms with Gasteiger partial charge in [-0.2, -0.15) is 11.8 Å². The molecule has 0 aliphatic heterocycles. The molecule has 1 heterocycles. The number of nitrogens with one attached hydrogen (secondary N) is 1. The van der Waals surface area contributed by atoms with Gasteiger partial charge in [0, 0.05) is 11.3 Å². The molecule has 0 bridgehead atoms. The molecule has 5 nitrogen and oxygen atoms in total. The Kier molecular flexibility index (Phi) is 3.31. The third kappa shape index (κ3) is 2.21. The number of aromatic amines is 1. The fourth-order valence-corrected chi connectivity index (χ4v) is 2.87. The molecular weight excluding hydrogens is 252 g/mol. The third-order valence-corrected chi connectivity index (χ3v) is 4.87. The van der Waals surface area contributed by atoms with Crippen LogP contribution in [0.2, 0.25) is 0 Å². The Balaban J connectivity index is 2.51. The molecule has 1 saturated carbocycles. The highest BCUT2D eigenvalue weighted by molar-refractivity contribution is 8.00. The number of thioether (sulfide) groups is 1. The normalized spacial score (nSPS) is 17.1. The predicted octanol–water partition coefficient (Wildman–Crippen LogP) is 1.26. The Morgan fingerprint density at radius 1 is 1.44 bits per heavy atom. The Labute approximate surface area is 109 Å². The van der Waals surface area contributed by atoms with Gasteiger partial charge in [-0.05, 0) is 25.0 Å². The van der Waals surface area contributed by atoms with Crippen LogP contribution in [0.3, 0.4) is 0 Å². The zero-order valence-corrected chi connectivity index (χ0v) is 11.6. The first kappa shape index (κ1) is 13.3. The van der Waals surface area contributed by atoms with Gasteiger partial charge >= 0.3 is 5.69 Å². The lowest BCUT2D eigenvalue weighted by atomic mass is 10.1. The summed E-state index contributed by atoms with van der Waals surface area (Å²) in [5.41, 5.74) is -0.730. The van der Waals surface area contributed by atoms with Crippen LogP contribution in [0.4, 0.5) is 0 Å². The van der Waals surface area contributed by atoms with Crippen molar-refractivity contribution >= 4 is 11.8 Å². The SMILES string of the molecule is CSC1(Cn2c(O)c(C(C)C)c(=O)[nH]c2=O)CC1. The molecule has 1 fully saturated rings. The Hall–Kier alpha value is -1.17. The second-order valence-electron chi connectivity index (χ2n) is 5.12. The summed E-state index contributed by atoms with van der Waals surface area (Å²) in [5, 5.41) is 10.1. The summed E-state index contributed by atoms with van der Waals surface area (Å²) < 4.78 is 1.34. The standard InChI is InChI=1S/C12H18N2O3S/c1-7(2)8-9(15)13-11(17)14(10(8)16)6-12(18-3)4-5-12/h7,16H,4-6H2,1-3H3,(H,13,15,17). The second-order valence-corrected chi connectivity index (χ2v) is 6.40. The molecule has 1 aliphatic rings. The zero-order chi connectivity index (χ0) is 13.5. The summed E-state index contributed by atoms with van der Waals surface area (Å²) >= 11 is 1.71. The smallest absolute Gasteiger partial charge is 0.331 e. The molecule has 1 aliphatic carbocycles. The van der Waals surface area contributed by atoms with E-state index < -0.39 is 11.2 Å². The minimum Gasteiger partial charge on any atom is -0.494 e. The van der Waals surface area contributed by atoms with E-state index in [9.17, 15) is 14.7 Å². The lowest BCUT2D eigenvalue weighted by Crippen LogP contribution is -2.35. The lowest BCUT2D eigenvalue weighted by Gasteiger charge is -2.17. The summed E-state index contributed by atoms with van der Waals surface area (Å²) in [5.74, 6) is -0.302. The molecule has 0 unspecified atom stereocenters. The first-order chi connectivity index (χ1) is 8.40. The van der Waals surface area contributed by atoms with Crippen LogP contribution in [0.5, 0.6) is 5.88 Å². The molecule has 0 amide bonds. The van der Waals surface area contributed by atoms with Crippen LogP contribution in [0.15, 0.2) is 9.59 Å². The van der Waals surface area contributed by atoms with E-state index in [1.165, 1.54) is 4.57 Å². The summed E-state index contributed by atoms with van der Waals surface area (Å²) in [7, 11) is 0. The molecule has 1 aromatic heterocycles. The maximum atomic E-state index is 11.8. The summed E-state index contributed by atoms with van der Waals surface area (Å²) in [4.78, 5) is 25.8. The van der Waals surface area contributed by atoms with Crippen LogP contribution >= 0.6 is 11.8 Å². The first-order valence-electron chi connectivity index (χ1n) is 6.01. The quantitative estimate of drug-likeness (QED) is 0.863. The molecular formula is C12H18N2O3S. The predicted molar refractivity (Wildman–Crippen MR) is 72.6 cm³/mol. The van der Waals surface area contributed by atoms with Crippen molar-refractivity contribution in [3.05, 3.63) is 26.4 Å². The van der Waals surface area contributed by atoms with Crippen LogP contribution in [0.25, 0.3) is 0 Å². The van der Waals surface area contributed by atoms with Crippen molar-refractivity contribution in [2.24, 2.45) is 0 Å². The van der Waals surface area contributed by atoms with Crippen LogP contribution in [-0.4, -0.2) is 25.7 Å². The largest absolute Gasteiger partial charge is 0.494 e. The van der Waals surface area contributed by atoms with E-state index in [0.29, 0.717) is 6.54 Å². The van der Waals surface area contributed by atoms with Crippen molar-refractivity contribution in [3.8, 4) is 5.88 Å². The molecule has 1 aromatic rings. The molecule has 2 rings (SSSR count). The summed E-state index contributed by atoms with van der Waals surface area (Å²) in [6, 6.07) is 0. The zero-order valence-electron chi connectivity index (χ0n) is 10.8. The molecule has 0 spiro atoms. The van der Waals surface area contributed by atoms with Gasteiger partial charge in [-0.3, -0.25) is 14.3 Å². The average Bonchev–Trinajstić information content (AvgIpc) is 3.04. The van der Waals surface area contributed by atoms with Crippen molar-refractivity contribution in [1.82, 2.24) is 9.55 Å². The van der Waals surface area contributed by atoms with Gasteiger partial charge in [-0.15, -0.1) is 0 Å². The number of rotatable bonds is 4. The maximum absolute atomic E-state index is 11.8. The fourth-order valence-electron chi connectivity index (χ4n) is 2.10. The molecule has 2 N–H and O–H groups in total. The van der Waals surface area contributed by atoms with Gasteiger partial charge in [-0.25, -0.2) is 4.79 Å². The van der Waals surface area contributed by atoms with Gasteiger partial charge in [0.15, 0.2) is 0 Å². The van der Waals surface area contributed by atoms with Crippen LogP contribution < -0.4 is 11.2 Å². The number of hydrogen-bond acceptors (Lipinski definition) is 4. The first-order valence-corrected chi connectivity index (χ1v) is 7.24. The van der Waals surface area contributed by atoms with Gasteiger partial charge in [0.2, 0.25) is 5.88 Å². The van der Waals surface area contributed by atoms with E-state index >= 15 is 0 Å². The highest BCUT2D eigenvalue weighted by Gasteiger charge is 2.43. The van der Waals surface area contributed by atoms with Crippen molar-refractivity contribution in [3.63, 3.8) is 0 Å². The Morgan fingerprint density at radius 2 is 2.06 bits per heavy atom. The van der Waals surface area contributed by atoms with E-state index in [4.69, 9.17) is 0 Å². The van der Waals surface area contributed by atoms with Gasteiger partial charge in [-0.1, -0.05) is 13.8 Å². The van der Waals surface area contributed by atoms with E-state index in [-0.39, 0.29) is 22.1 Å². The second kappa shape index (κ2) is 4.50. The van der Waals surface area contributed by atoms with Crippen LogP contribution in [-0.2, 0) is 6.54 Å². The van der Waals surface area contributed by atoms with Gasteiger partial charge in [0.1, 0.15) is 0 Å². The number of hydrogen-bond donors (Lipinski definition) is 2. The lowest BCUT2D eigenvalue weighted by molar-refractivity contribution is 0.386. The topological polar surface area (TPSA) is 75.1 Å². The number of aromatic nitrogens is 2. The van der Waals surface area contributed by atoms with Crippen LogP contribution in [0, 0.1) is 0 Å². The van der Waals surface area contributed by atoms with E-state index in [2.05, 4.69) is 4.98 Å². The molecule has 6 heteroatoms. The van der Waals surface area contributed by atoms with Crippen molar-refractivity contribution < 1.29 is 5.11 Å². The fraction of sp³-hybridized carbons (Fsp3) is 0.667. The molecule has 100 valence electrons. The van der Waals surface area contributed by atoms with E-state index in [0.717, 1.165) is 12.8 Å². The minimum absolute atomic E-state index is 0.0494. The summed E-state index contributed by atoms with van der Waals surface area (Å²) in [6.07, 6.45) is 4.08. The highest BCUT2D eigenvalue weighted by Crippen LogP contribution is 2.48. The minimum atomic E-state index is -0.526. The molecule has 0 atom stereocenters. The molecule has 0 saturated heterocycles. The van der Waals surface area contributed by atoms with Gasteiger partial charge < -0.3 is 5.11 Å². The average molecular weight is 270 g/mol. The van der Waals surface area contributed by atoms with Crippen molar-refractivity contribution in [2.75, 3.05) is 6.26 Å². The molecule has 18 heavy (non-hydrogen) atoms. The monoisotopic (exact) mass is 270 g/mol. The maximum Gasteiger partial charge on any atom is 0.331 e. The van der Waals surface area contributed by atoms with Crippen molar-refractivity contribution in [2.45, 2.75) is 43.9 Å². The Morgan fingerprint density at radius 3 is 2.50 bits per heavy atom. The Bertz CT molecular complexity index is 570. The van der Waals surface area contributed by atoms with Crippen molar-refractivity contribution in [1.29, 1.82) is 0 Å². The van der Waals surface area contributed by atoms with E-state index in [1.807, 2.05) is 20.1 Å². The number of H-pyrrole nitrogens is 1.